The first kappa shape index (κ1) is 13.5. The zero-order valence-corrected chi connectivity index (χ0v) is 10.8. The smallest absolute Gasteiger partial charge is 0.251 e. The van der Waals surface area contributed by atoms with E-state index in [4.69, 9.17) is 5.73 Å². The molecule has 0 heterocycles. The molecular formula is C13H21N3O. The van der Waals surface area contributed by atoms with Crippen molar-refractivity contribution in [3.05, 3.63) is 29.3 Å². The molecule has 0 atom stereocenters. The highest BCUT2D eigenvalue weighted by Crippen LogP contribution is 2.14. The van der Waals surface area contributed by atoms with Gasteiger partial charge in [-0.1, -0.05) is 6.92 Å². The number of nitrogens with zero attached hydrogens (tertiary/aromatic N) is 1. The summed E-state index contributed by atoms with van der Waals surface area (Å²) < 4.78 is 0. The van der Waals surface area contributed by atoms with Gasteiger partial charge in [-0.2, -0.15) is 0 Å². The Bertz CT molecular complexity index is 388. The fourth-order valence-corrected chi connectivity index (χ4v) is 1.55. The highest BCUT2D eigenvalue weighted by molar-refractivity contribution is 5.94. The monoisotopic (exact) mass is 235 g/mol. The van der Waals surface area contributed by atoms with Crippen molar-refractivity contribution >= 4 is 11.6 Å². The highest BCUT2D eigenvalue weighted by atomic mass is 16.1. The Hall–Kier alpha value is -1.55. The lowest BCUT2D eigenvalue weighted by Gasteiger charge is -2.11. The molecular weight excluding hydrogens is 214 g/mol. The number of hydrogen-bond acceptors (Lipinski definition) is 3. The van der Waals surface area contributed by atoms with Crippen LogP contribution < -0.4 is 11.1 Å². The molecule has 0 bridgehead atoms. The van der Waals surface area contributed by atoms with Gasteiger partial charge in [0.05, 0.1) is 0 Å². The number of hydrogen-bond donors (Lipinski definition) is 2. The molecule has 0 aliphatic heterocycles. The number of likely N-dealkylation sites (N-methyl/N-ethyl adjacent to an activating group) is 1. The predicted octanol–water partition coefficient (Wildman–Crippen LogP) is 1.12. The third kappa shape index (κ3) is 4.07. The van der Waals surface area contributed by atoms with Crippen LogP contribution in [0.15, 0.2) is 18.2 Å². The molecule has 3 N–H and O–H groups in total. The van der Waals surface area contributed by atoms with Crippen LogP contribution in [0.5, 0.6) is 0 Å². The number of aryl methyl sites for hydroxylation is 1. The van der Waals surface area contributed by atoms with Gasteiger partial charge < -0.3 is 16.0 Å². The predicted molar refractivity (Wildman–Crippen MR) is 71.1 cm³/mol. The number of anilines is 1. The van der Waals surface area contributed by atoms with Gasteiger partial charge in [-0.3, -0.25) is 4.79 Å². The van der Waals surface area contributed by atoms with E-state index in [2.05, 4.69) is 5.32 Å². The summed E-state index contributed by atoms with van der Waals surface area (Å²) in [6.07, 6.45) is 0.838. The van der Waals surface area contributed by atoms with Crippen molar-refractivity contribution in [2.75, 3.05) is 32.9 Å². The molecule has 0 spiro atoms. The number of nitrogen functional groups attached to an aromatic ring is 1. The summed E-state index contributed by atoms with van der Waals surface area (Å²) >= 11 is 0. The third-order valence-corrected chi connectivity index (χ3v) is 2.63. The van der Waals surface area contributed by atoms with Crippen molar-refractivity contribution in [1.82, 2.24) is 10.2 Å². The molecule has 0 radical (unpaired) electrons. The van der Waals surface area contributed by atoms with E-state index in [9.17, 15) is 4.79 Å². The van der Waals surface area contributed by atoms with E-state index < -0.39 is 0 Å². The maximum atomic E-state index is 11.8. The summed E-state index contributed by atoms with van der Waals surface area (Å²) in [7, 11) is 3.95. The van der Waals surface area contributed by atoms with Gasteiger partial charge in [-0.15, -0.1) is 0 Å². The Morgan fingerprint density at radius 1 is 1.41 bits per heavy atom. The van der Waals surface area contributed by atoms with Gasteiger partial charge in [0, 0.05) is 24.3 Å². The maximum Gasteiger partial charge on any atom is 0.251 e. The van der Waals surface area contributed by atoms with Crippen LogP contribution in [0.2, 0.25) is 0 Å². The molecule has 0 aromatic heterocycles. The van der Waals surface area contributed by atoms with Gasteiger partial charge in [0.15, 0.2) is 0 Å². The molecule has 0 aliphatic carbocycles. The highest BCUT2D eigenvalue weighted by Gasteiger charge is 2.07. The van der Waals surface area contributed by atoms with Crippen LogP contribution in [0.1, 0.15) is 22.8 Å². The van der Waals surface area contributed by atoms with Gasteiger partial charge in [0.25, 0.3) is 5.91 Å². The molecule has 0 aliphatic rings. The van der Waals surface area contributed by atoms with Crippen LogP contribution in [0.4, 0.5) is 5.69 Å². The van der Waals surface area contributed by atoms with E-state index in [0.29, 0.717) is 12.1 Å². The fourth-order valence-electron chi connectivity index (χ4n) is 1.55. The zero-order chi connectivity index (χ0) is 12.8. The third-order valence-electron chi connectivity index (χ3n) is 2.63. The zero-order valence-electron chi connectivity index (χ0n) is 10.8. The molecule has 0 fully saturated rings. The Morgan fingerprint density at radius 3 is 2.71 bits per heavy atom. The standard InChI is InChI=1S/C13H21N3O/c1-4-10-9-11(5-6-12(10)14)13(17)15-7-8-16(2)3/h5-6,9H,4,7-8,14H2,1-3H3,(H,15,17). The summed E-state index contributed by atoms with van der Waals surface area (Å²) in [5.74, 6) is -0.0402. The number of rotatable bonds is 5. The molecule has 94 valence electrons. The molecule has 0 saturated carbocycles. The summed E-state index contributed by atoms with van der Waals surface area (Å²) in [4.78, 5) is 13.9. The number of nitrogens with one attached hydrogen (secondary N) is 1. The van der Waals surface area contributed by atoms with E-state index >= 15 is 0 Å². The summed E-state index contributed by atoms with van der Waals surface area (Å²) in [5.41, 5.74) is 8.24. The van der Waals surface area contributed by atoms with Crippen LogP contribution in [0.3, 0.4) is 0 Å². The Morgan fingerprint density at radius 2 is 2.12 bits per heavy atom. The number of carbonyl (C=O) groups excluding carboxylic acids is 1. The largest absolute Gasteiger partial charge is 0.399 e. The van der Waals surface area contributed by atoms with Gasteiger partial charge in [-0.25, -0.2) is 0 Å². The molecule has 1 rings (SSSR count). The van der Waals surface area contributed by atoms with Gasteiger partial charge in [-0.05, 0) is 44.3 Å². The summed E-state index contributed by atoms with van der Waals surface area (Å²) in [6.45, 7) is 3.51. The van der Waals surface area contributed by atoms with Crippen LogP contribution in [0, 0.1) is 0 Å². The molecule has 1 aromatic carbocycles. The fraction of sp³-hybridized carbons (Fsp3) is 0.462. The Labute approximate surface area is 103 Å². The first-order valence-electron chi connectivity index (χ1n) is 5.86. The number of nitrogens with two attached hydrogens (primary N) is 1. The van der Waals surface area contributed by atoms with Crippen molar-refractivity contribution in [3.63, 3.8) is 0 Å². The van der Waals surface area contributed by atoms with E-state index in [1.54, 1.807) is 12.1 Å². The molecule has 1 aromatic rings. The van der Waals surface area contributed by atoms with Crippen LogP contribution in [-0.2, 0) is 6.42 Å². The van der Waals surface area contributed by atoms with Crippen molar-refractivity contribution in [2.45, 2.75) is 13.3 Å². The van der Waals surface area contributed by atoms with Crippen LogP contribution in [-0.4, -0.2) is 38.0 Å². The lowest BCUT2D eigenvalue weighted by molar-refractivity contribution is 0.0951. The minimum atomic E-state index is -0.0402. The first-order valence-corrected chi connectivity index (χ1v) is 5.86. The Balaban J connectivity index is 2.63. The average molecular weight is 235 g/mol. The second-order valence-corrected chi connectivity index (χ2v) is 4.33. The van der Waals surface area contributed by atoms with E-state index in [-0.39, 0.29) is 5.91 Å². The van der Waals surface area contributed by atoms with Crippen molar-refractivity contribution in [3.8, 4) is 0 Å². The van der Waals surface area contributed by atoms with Gasteiger partial charge in [0.1, 0.15) is 0 Å². The minimum Gasteiger partial charge on any atom is -0.399 e. The number of carbonyl (C=O) groups is 1. The summed E-state index contributed by atoms with van der Waals surface area (Å²) in [6, 6.07) is 5.42. The van der Waals surface area contributed by atoms with E-state index in [1.807, 2.05) is 32.0 Å². The lowest BCUT2D eigenvalue weighted by atomic mass is 10.1. The number of amides is 1. The first-order chi connectivity index (χ1) is 8.04. The summed E-state index contributed by atoms with van der Waals surface area (Å²) in [5, 5.41) is 2.88. The topological polar surface area (TPSA) is 58.4 Å². The molecule has 17 heavy (non-hydrogen) atoms. The Kier molecular flexibility index (Phi) is 4.97. The van der Waals surface area contributed by atoms with E-state index in [0.717, 1.165) is 24.2 Å². The van der Waals surface area contributed by atoms with Gasteiger partial charge >= 0.3 is 0 Å². The molecule has 1 amide bonds. The quantitative estimate of drug-likeness (QED) is 0.752. The van der Waals surface area contributed by atoms with Crippen molar-refractivity contribution in [1.29, 1.82) is 0 Å². The minimum absolute atomic E-state index is 0.0402. The second kappa shape index (κ2) is 6.25. The average Bonchev–Trinajstić information content (AvgIpc) is 2.29. The molecule has 4 nitrogen and oxygen atoms in total. The lowest BCUT2D eigenvalue weighted by Crippen LogP contribution is -2.31. The molecule has 4 heteroatoms. The SMILES string of the molecule is CCc1cc(C(=O)NCCN(C)C)ccc1N. The van der Waals surface area contributed by atoms with Crippen molar-refractivity contribution in [2.24, 2.45) is 0 Å². The molecule has 0 saturated heterocycles. The molecule has 0 unspecified atom stereocenters. The second-order valence-electron chi connectivity index (χ2n) is 4.33. The van der Waals surface area contributed by atoms with Gasteiger partial charge in [0.2, 0.25) is 0 Å². The number of benzene rings is 1. The van der Waals surface area contributed by atoms with Crippen molar-refractivity contribution < 1.29 is 4.79 Å². The van der Waals surface area contributed by atoms with Crippen LogP contribution >= 0.6 is 0 Å². The van der Waals surface area contributed by atoms with Crippen LogP contribution in [0.25, 0.3) is 0 Å². The van der Waals surface area contributed by atoms with E-state index in [1.165, 1.54) is 0 Å². The maximum absolute atomic E-state index is 11.8. The normalized spacial score (nSPS) is 10.6.